The first-order valence-electron chi connectivity index (χ1n) is 7.36. The highest BCUT2D eigenvalue weighted by Gasteiger charge is 2.27. The van der Waals surface area contributed by atoms with Crippen LogP contribution < -0.4 is 10.1 Å². The molecule has 0 aliphatic carbocycles. The second-order valence-corrected chi connectivity index (χ2v) is 5.42. The topological polar surface area (TPSA) is 41.6 Å². The van der Waals surface area contributed by atoms with Crippen LogP contribution in [0.3, 0.4) is 0 Å². The molecule has 1 saturated heterocycles. The van der Waals surface area contributed by atoms with E-state index in [1.54, 1.807) is 0 Å². The van der Waals surface area contributed by atoms with Gasteiger partial charge in [-0.1, -0.05) is 25.1 Å². The molecule has 1 fully saturated rings. The van der Waals surface area contributed by atoms with Crippen molar-refractivity contribution in [3.05, 3.63) is 29.8 Å². The summed E-state index contributed by atoms with van der Waals surface area (Å²) in [4.78, 5) is 14.5. The van der Waals surface area contributed by atoms with E-state index in [2.05, 4.69) is 12.2 Å². The molecule has 1 aliphatic heterocycles. The molecule has 0 spiro atoms. The highest BCUT2D eigenvalue weighted by Crippen LogP contribution is 2.20. The molecule has 0 radical (unpaired) electrons. The van der Waals surface area contributed by atoms with Crippen LogP contribution in [0.5, 0.6) is 5.75 Å². The largest absolute Gasteiger partial charge is 0.480 e. The van der Waals surface area contributed by atoms with Crippen molar-refractivity contribution in [1.82, 2.24) is 10.2 Å². The highest BCUT2D eigenvalue weighted by atomic mass is 16.5. The second-order valence-electron chi connectivity index (χ2n) is 5.42. The minimum atomic E-state index is -0.388. The number of aryl methyl sites for hydroxylation is 1. The van der Waals surface area contributed by atoms with E-state index in [9.17, 15) is 4.79 Å². The molecule has 1 aromatic carbocycles. The lowest BCUT2D eigenvalue weighted by Gasteiger charge is -2.34. The number of hydrogen-bond donors (Lipinski definition) is 1. The molecule has 2 rings (SSSR count). The molecule has 1 heterocycles. The Bertz CT molecular complexity index is 462. The third-order valence-corrected chi connectivity index (χ3v) is 3.69. The molecule has 110 valence electrons. The maximum Gasteiger partial charge on any atom is 0.263 e. The predicted molar refractivity (Wildman–Crippen MR) is 79.9 cm³/mol. The molecule has 1 aliphatic rings. The number of nitrogens with zero attached hydrogens (tertiary/aromatic N) is 1. The molecule has 0 aromatic heterocycles. The van der Waals surface area contributed by atoms with Crippen molar-refractivity contribution in [1.29, 1.82) is 0 Å². The zero-order valence-electron chi connectivity index (χ0n) is 12.6. The Morgan fingerprint density at radius 3 is 2.90 bits per heavy atom. The van der Waals surface area contributed by atoms with E-state index in [-0.39, 0.29) is 12.0 Å². The van der Waals surface area contributed by atoms with Crippen LogP contribution in [0.2, 0.25) is 0 Å². The van der Waals surface area contributed by atoms with Gasteiger partial charge in [0.25, 0.3) is 5.91 Å². The fourth-order valence-corrected chi connectivity index (χ4v) is 2.49. The standard InChI is InChI=1S/C16H24N2O2/c1-4-14(20-15-8-6-5-7-12(15)2)16(19)18-10-9-17-13(3)11-18/h5-8,13-14,17H,4,9-11H2,1-3H3. The fourth-order valence-electron chi connectivity index (χ4n) is 2.49. The Kier molecular flexibility index (Phi) is 5.01. The van der Waals surface area contributed by atoms with Crippen molar-refractivity contribution in [2.45, 2.75) is 39.3 Å². The van der Waals surface area contributed by atoms with Gasteiger partial charge >= 0.3 is 0 Å². The summed E-state index contributed by atoms with van der Waals surface area (Å²) in [6.45, 7) is 8.46. The number of rotatable bonds is 4. The van der Waals surface area contributed by atoms with Gasteiger partial charge in [0, 0.05) is 25.7 Å². The summed E-state index contributed by atoms with van der Waals surface area (Å²) < 4.78 is 5.93. The zero-order valence-corrected chi connectivity index (χ0v) is 12.6. The van der Waals surface area contributed by atoms with Gasteiger partial charge in [0.2, 0.25) is 0 Å². The number of ether oxygens (including phenoxy) is 1. The average Bonchev–Trinajstić information content (AvgIpc) is 2.46. The number of amides is 1. The predicted octanol–water partition coefficient (Wildman–Crippen LogP) is 1.97. The van der Waals surface area contributed by atoms with Crippen molar-refractivity contribution >= 4 is 5.91 Å². The van der Waals surface area contributed by atoms with Gasteiger partial charge in [0.1, 0.15) is 5.75 Å². The summed E-state index contributed by atoms with van der Waals surface area (Å²) in [7, 11) is 0. The number of hydrogen-bond acceptors (Lipinski definition) is 3. The Hall–Kier alpha value is -1.55. The van der Waals surface area contributed by atoms with Crippen molar-refractivity contribution < 1.29 is 9.53 Å². The van der Waals surface area contributed by atoms with Gasteiger partial charge < -0.3 is 15.0 Å². The highest BCUT2D eigenvalue weighted by molar-refractivity contribution is 5.81. The molecule has 20 heavy (non-hydrogen) atoms. The molecular formula is C16H24N2O2. The summed E-state index contributed by atoms with van der Waals surface area (Å²) in [6.07, 6.45) is 0.298. The van der Waals surface area contributed by atoms with Crippen molar-refractivity contribution in [2.24, 2.45) is 0 Å². The molecular weight excluding hydrogens is 252 g/mol. The molecule has 4 heteroatoms. The van der Waals surface area contributed by atoms with E-state index in [0.717, 1.165) is 30.9 Å². The lowest BCUT2D eigenvalue weighted by molar-refractivity contribution is -0.140. The van der Waals surface area contributed by atoms with Crippen LogP contribution in [0, 0.1) is 6.92 Å². The van der Waals surface area contributed by atoms with Crippen LogP contribution in [0.1, 0.15) is 25.8 Å². The quantitative estimate of drug-likeness (QED) is 0.914. The van der Waals surface area contributed by atoms with E-state index >= 15 is 0 Å². The SMILES string of the molecule is CCC(Oc1ccccc1C)C(=O)N1CCNC(C)C1. The van der Waals surface area contributed by atoms with E-state index in [1.165, 1.54) is 0 Å². The first-order valence-corrected chi connectivity index (χ1v) is 7.36. The summed E-state index contributed by atoms with van der Waals surface area (Å²) in [5, 5.41) is 3.35. The molecule has 1 aromatic rings. The van der Waals surface area contributed by atoms with Gasteiger partial charge in [-0.15, -0.1) is 0 Å². The number of benzene rings is 1. The first-order chi connectivity index (χ1) is 9.61. The average molecular weight is 276 g/mol. The van der Waals surface area contributed by atoms with E-state index in [0.29, 0.717) is 12.5 Å². The minimum absolute atomic E-state index is 0.101. The summed E-state index contributed by atoms with van der Waals surface area (Å²) in [5.41, 5.74) is 1.06. The van der Waals surface area contributed by atoms with Gasteiger partial charge in [-0.25, -0.2) is 0 Å². The third kappa shape index (κ3) is 3.51. The van der Waals surface area contributed by atoms with Crippen LogP contribution in [0.15, 0.2) is 24.3 Å². The zero-order chi connectivity index (χ0) is 14.5. The lowest BCUT2D eigenvalue weighted by atomic mass is 10.1. The number of para-hydroxylation sites is 1. The number of nitrogens with one attached hydrogen (secondary N) is 1. The second kappa shape index (κ2) is 6.75. The fraction of sp³-hybridized carbons (Fsp3) is 0.562. The smallest absolute Gasteiger partial charge is 0.263 e. The first kappa shape index (κ1) is 14.9. The van der Waals surface area contributed by atoms with Gasteiger partial charge in [-0.3, -0.25) is 4.79 Å². The summed E-state index contributed by atoms with van der Waals surface area (Å²) in [6, 6.07) is 8.18. The maximum absolute atomic E-state index is 12.6. The Morgan fingerprint density at radius 1 is 1.50 bits per heavy atom. The summed E-state index contributed by atoms with van der Waals surface area (Å²) in [5.74, 6) is 0.903. The van der Waals surface area contributed by atoms with E-state index < -0.39 is 0 Å². The number of piperazine rings is 1. The van der Waals surface area contributed by atoms with Crippen LogP contribution in [-0.2, 0) is 4.79 Å². The Labute approximate surface area is 121 Å². The number of carbonyl (C=O) groups is 1. The molecule has 0 bridgehead atoms. The van der Waals surface area contributed by atoms with Gasteiger partial charge in [-0.2, -0.15) is 0 Å². The molecule has 4 nitrogen and oxygen atoms in total. The molecule has 2 atom stereocenters. The molecule has 2 unspecified atom stereocenters. The Balaban J connectivity index is 2.04. The normalized spacial score (nSPS) is 20.6. The molecule has 0 saturated carbocycles. The van der Waals surface area contributed by atoms with Crippen LogP contribution in [0.4, 0.5) is 0 Å². The summed E-state index contributed by atoms with van der Waals surface area (Å²) >= 11 is 0. The third-order valence-electron chi connectivity index (χ3n) is 3.69. The van der Waals surface area contributed by atoms with Crippen LogP contribution in [-0.4, -0.2) is 42.6 Å². The molecule has 1 amide bonds. The van der Waals surface area contributed by atoms with Gasteiger partial charge in [0.05, 0.1) is 0 Å². The maximum atomic E-state index is 12.6. The van der Waals surface area contributed by atoms with Crippen LogP contribution in [0.25, 0.3) is 0 Å². The van der Waals surface area contributed by atoms with Crippen molar-refractivity contribution in [2.75, 3.05) is 19.6 Å². The Morgan fingerprint density at radius 2 is 2.25 bits per heavy atom. The number of carbonyl (C=O) groups excluding carboxylic acids is 1. The van der Waals surface area contributed by atoms with E-state index in [1.807, 2.05) is 43.0 Å². The van der Waals surface area contributed by atoms with Gasteiger partial charge in [-0.05, 0) is 31.9 Å². The minimum Gasteiger partial charge on any atom is -0.480 e. The van der Waals surface area contributed by atoms with E-state index in [4.69, 9.17) is 4.74 Å². The molecule has 1 N–H and O–H groups in total. The van der Waals surface area contributed by atoms with Crippen LogP contribution >= 0.6 is 0 Å². The van der Waals surface area contributed by atoms with Gasteiger partial charge in [0.15, 0.2) is 6.10 Å². The van der Waals surface area contributed by atoms with Crippen molar-refractivity contribution in [3.8, 4) is 5.75 Å². The monoisotopic (exact) mass is 276 g/mol. The lowest BCUT2D eigenvalue weighted by Crippen LogP contribution is -2.54. The van der Waals surface area contributed by atoms with Crippen molar-refractivity contribution in [3.63, 3.8) is 0 Å².